The third-order valence-electron chi connectivity index (χ3n) is 2.57. The summed E-state index contributed by atoms with van der Waals surface area (Å²) in [5, 5.41) is 0. The topological polar surface area (TPSA) is 18.5 Å². The van der Waals surface area contributed by atoms with E-state index in [4.69, 9.17) is 9.47 Å². The maximum atomic E-state index is 5.33. The molecule has 18 heavy (non-hydrogen) atoms. The standard InChI is InChI=1S/C15H12O2S/c1-2-6-13(7-3-1)18-14-8-4-5-12(11-14)15-16-9-10-17-15/h1-11,15H. The second-order valence-corrected chi connectivity index (χ2v) is 5.01. The first-order valence-corrected chi connectivity index (χ1v) is 6.52. The predicted octanol–water partition coefficient (Wildman–Crippen LogP) is 4.35. The van der Waals surface area contributed by atoms with Gasteiger partial charge in [-0.1, -0.05) is 42.1 Å². The lowest BCUT2D eigenvalue weighted by Gasteiger charge is -2.11. The fourth-order valence-corrected chi connectivity index (χ4v) is 2.65. The molecule has 0 aromatic heterocycles. The van der Waals surface area contributed by atoms with Crippen LogP contribution in [0.2, 0.25) is 0 Å². The quantitative estimate of drug-likeness (QED) is 0.813. The predicted molar refractivity (Wildman–Crippen MR) is 71.1 cm³/mol. The van der Waals surface area contributed by atoms with Gasteiger partial charge in [-0.2, -0.15) is 0 Å². The minimum Gasteiger partial charge on any atom is -0.455 e. The molecule has 1 aliphatic heterocycles. The second-order valence-electron chi connectivity index (χ2n) is 3.86. The summed E-state index contributed by atoms with van der Waals surface area (Å²) in [5.74, 6) is 0. The van der Waals surface area contributed by atoms with E-state index in [2.05, 4.69) is 24.3 Å². The third kappa shape index (κ3) is 2.51. The molecule has 0 spiro atoms. The summed E-state index contributed by atoms with van der Waals surface area (Å²) in [4.78, 5) is 2.40. The third-order valence-corrected chi connectivity index (χ3v) is 3.57. The first-order valence-electron chi connectivity index (χ1n) is 5.71. The van der Waals surface area contributed by atoms with E-state index in [-0.39, 0.29) is 6.29 Å². The highest BCUT2D eigenvalue weighted by Gasteiger charge is 2.15. The van der Waals surface area contributed by atoms with E-state index in [0.717, 1.165) is 5.56 Å². The van der Waals surface area contributed by atoms with E-state index >= 15 is 0 Å². The molecule has 2 aromatic rings. The van der Waals surface area contributed by atoms with Gasteiger partial charge in [-0.3, -0.25) is 0 Å². The van der Waals surface area contributed by atoms with Gasteiger partial charge < -0.3 is 9.47 Å². The van der Waals surface area contributed by atoms with Gasteiger partial charge in [-0.15, -0.1) is 0 Å². The second kappa shape index (κ2) is 5.19. The van der Waals surface area contributed by atoms with Gasteiger partial charge in [0.25, 0.3) is 6.29 Å². The van der Waals surface area contributed by atoms with Crippen LogP contribution in [0.4, 0.5) is 0 Å². The molecule has 2 nitrogen and oxygen atoms in total. The first-order chi connectivity index (χ1) is 8.92. The molecule has 3 rings (SSSR count). The van der Waals surface area contributed by atoms with Crippen molar-refractivity contribution in [1.29, 1.82) is 0 Å². The molecule has 0 saturated heterocycles. The molecule has 0 saturated carbocycles. The van der Waals surface area contributed by atoms with E-state index in [1.165, 1.54) is 9.79 Å². The Morgan fingerprint density at radius 1 is 0.778 bits per heavy atom. The summed E-state index contributed by atoms with van der Waals surface area (Å²) < 4.78 is 10.7. The largest absolute Gasteiger partial charge is 0.455 e. The molecule has 0 fully saturated rings. The van der Waals surface area contributed by atoms with E-state index in [9.17, 15) is 0 Å². The average Bonchev–Trinajstić information content (AvgIpc) is 2.94. The van der Waals surface area contributed by atoms with E-state index in [0.29, 0.717) is 0 Å². The molecule has 1 heterocycles. The van der Waals surface area contributed by atoms with Gasteiger partial charge in [-0.25, -0.2) is 0 Å². The fourth-order valence-electron chi connectivity index (χ4n) is 1.75. The smallest absolute Gasteiger partial charge is 0.266 e. The number of benzene rings is 2. The molecule has 2 aromatic carbocycles. The van der Waals surface area contributed by atoms with E-state index in [1.54, 1.807) is 24.3 Å². The van der Waals surface area contributed by atoms with Crippen LogP contribution in [0.25, 0.3) is 0 Å². The number of rotatable bonds is 3. The lowest BCUT2D eigenvalue weighted by atomic mass is 10.2. The Morgan fingerprint density at radius 3 is 2.28 bits per heavy atom. The zero-order valence-corrected chi connectivity index (χ0v) is 10.5. The lowest BCUT2D eigenvalue weighted by molar-refractivity contribution is -0.0247. The molecule has 90 valence electrons. The van der Waals surface area contributed by atoms with Gasteiger partial charge in [0.1, 0.15) is 12.5 Å². The zero-order chi connectivity index (χ0) is 12.2. The minimum absolute atomic E-state index is 0.304. The lowest BCUT2D eigenvalue weighted by Crippen LogP contribution is -1.97. The Labute approximate surface area is 110 Å². The molecule has 0 N–H and O–H groups in total. The van der Waals surface area contributed by atoms with Crippen LogP contribution in [0.3, 0.4) is 0 Å². The van der Waals surface area contributed by atoms with Crippen LogP contribution in [-0.4, -0.2) is 0 Å². The van der Waals surface area contributed by atoms with Gasteiger partial charge in [-0.05, 0) is 24.3 Å². The summed E-state index contributed by atoms with van der Waals surface area (Å²) in [6.45, 7) is 0. The highest BCUT2D eigenvalue weighted by atomic mass is 32.2. The van der Waals surface area contributed by atoms with Crippen LogP contribution in [0, 0.1) is 0 Å². The van der Waals surface area contributed by atoms with Crippen LogP contribution < -0.4 is 0 Å². The highest BCUT2D eigenvalue weighted by Crippen LogP contribution is 2.31. The molecule has 0 aliphatic carbocycles. The number of hydrogen-bond acceptors (Lipinski definition) is 3. The molecule has 0 atom stereocenters. The Kier molecular flexibility index (Phi) is 3.24. The summed E-state index contributed by atoms with van der Waals surface area (Å²) in [6.07, 6.45) is 2.84. The molecular weight excluding hydrogens is 244 g/mol. The summed E-state index contributed by atoms with van der Waals surface area (Å²) in [5.41, 5.74) is 1.03. The van der Waals surface area contributed by atoms with E-state index in [1.807, 2.05) is 30.3 Å². The maximum absolute atomic E-state index is 5.33. The molecular formula is C15H12O2S. The van der Waals surface area contributed by atoms with Crippen LogP contribution in [0.1, 0.15) is 11.9 Å². The van der Waals surface area contributed by atoms with Crippen molar-refractivity contribution in [3.63, 3.8) is 0 Å². The van der Waals surface area contributed by atoms with Crippen molar-refractivity contribution in [3.05, 3.63) is 72.7 Å². The Balaban J connectivity index is 1.79. The van der Waals surface area contributed by atoms with Crippen LogP contribution in [-0.2, 0) is 9.47 Å². The Bertz CT molecular complexity index is 543. The summed E-state index contributed by atoms with van der Waals surface area (Å²) >= 11 is 1.73. The van der Waals surface area contributed by atoms with Gasteiger partial charge >= 0.3 is 0 Å². The molecule has 0 unspecified atom stereocenters. The Morgan fingerprint density at radius 2 is 1.50 bits per heavy atom. The summed E-state index contributed by atoms with van der Waals surface area (Å²) in [6, 6.07) is 18.5. The van der Waals surface area contributed by atoms with E-state index < -0.39 is 0 Å². The molecule has 1 aliphatic rings. The molecule has 0 amide bonds. The van der Waals surface area contributed by atoms with Gasteiger partial charge in [0, 0.05) is 15.4 Å². The van der Waals surface area contributed by atoms with Gasteiger partial charge in [0.05, 0.1) is 0 Å². The number of hydrogen-bond donors (Lipinski definition) is 0. The van der Waals surface area contributed by atoms with Crippen molar-refractivity contribution in [2.24, 2.45) is 0 Å². The van der Waals surface area contributed by atoms with Crippen molar-refractivity contribution in [3.8, 4) is 0 Å². The molecule has 0 radical (unpaired) electrons. The van der Waals surface area contributed by atoms with Crippen LogP contribution in [0.5, 0.6) is 0 Å². The maximum Gasteiger partial charge on any atom is 0.266 e. The number of ether oxygens (including phenoxy) is 2. The van der Waals surface area contributed by atoms with Gasteiger partial charge in [0.2, 0.25) is 0 Å². The normalized spacial score (nSPS) is 14.2. The minimum atomic E-state index is -0.304. The zero-order valence-electron chi connectivity index (χ0n) is 9.65. The van der Waals surface area contributed by atoms with Crippen molar-refractivity contribution >= 4 is 11.8 Å². The molecule has 3 heteroatoms. The van der Waals surface area contributed by atoms with Crippen LogP contribution in [0.15, 0.2) is 76.9 Å². The average molecular weight is 256 g/mol. The van der Waals surface area contributed by atoms with Gasteiger partial charge in [0.15, 0.2) is 0 Å². The first kappa shape index (κ1) is 11.2. The van der Waals surface area contributed by atoms with Crippen molar-refractivity contribution in [1.82, 2.24) is 0 Å². The highest BCUT2D eigenvalue weighted by molar-refractivity contribution is 7.99. The Hall–Kier alpha value is -1.87. The fraction of sp³-hybridized carbons (Fsp3) is 0.0667. The SMILES string of the molecule is C1=COC(c2cccc(Sc3ccccc3)c2)O1. The molecule has 0 bridgehead atoms. The van der Waals surface area contributed by atoms with Crippen LogP contribution >= 0.6 is 11.8 Å². The van der Waals surface area contributed by atoms with Crippen molar-refractivity contribution < 1.29 is 9.47 Å². The van der Waals surface area contributed by atoms with Crippen molar-refractivity contribution in [2.45, 2.75) is 16.1 Å². The monoisotopic (exact) mass is 256 g/mol. The summed E-state index contributed by atoms with van der Waals surface area (Å²) in [7, 11) is 0. The van der Waals surface area contributed by atoms with Crippen molar-refractivity contribution in [2.75, 3.05) is 0 Å².